The molecule has 2 aliphatic rings. The predicted molar refractivity (Wildman–Crippen MR) is 132 cm³/mol. The Hall–Kier alpha value is -2.69. The van der Waals surface area contributed by atoms with Gasteiger partial charge in [-0.05, 0) is 42.5 Å². The number of hydrogen-bond acceptors (Lipinski definition) is 7. The number of piperazine rings is 1. The molecule has 9 nitrogen and oxygen atoms in total. The molecule has 184 valence electrons. The SMILES string of the molecule is CC(C)c1ccc(S(=O)(=O)Nc2cnc(N3CCNCC3)c(C(=O)NC[C@H]3CCCO3)c2)cc1. The second kappa shape index (κ2) is 10.7. The Labute approximate surface area is 201 Å². The lowest BCUT2D eigenvalue weighted by Crippen LogP contribution is -2.45. The molecule has 0 saturated carbocycles. The summed E-state index contributed by atoms with van der Waals surface area (Å²) in [5.74, 6) is 0.566. The topological polar surface area (TPSA) is 113 Å². The van der Waals surface area contributed by atoms with Crippen molar-refractivity contribution < 1.29 is 17.9 Å². The zero-order chi connectivity index (χ0) is 24.1. The van der Waals surface area contributed by atoms with Gasteiger partial charge in [-0.1, -0.05) is 26.0 Å². The van der Waals surface area contributed by atoms with Crippen molar-refractivity contribution in [2.75, 3.05) is 49.0 Å². The Morgan fingerprint density at radius 3 is 2.62 bits per heavy atom. The molecule has 1 aromatic heterocycles. The van der Waals surface area contributed by atoms with Crippen molar-refractivity contribution in [1.82, 2.24) is 15.6 Å². The highest BCUT2D eigenvalue weighted by Crippen LogP contribution is 2.25. The molecular formula is C24H33N5O4S. The van der Waals surface area contributed by atoms with E-state index in [4.69, 9.17) is 4.74 Å². The molecule has 4 rings (SSSR count). The van der Waals surface area contributed by atoms with E-state index in [-0.39, 0.29) is 22.6 Å². The fourth-order valence-corrected chi connectivity index (χ4v) is 5.20. The highest BCUT2D eigenvalue weighted by atomic mass is 32.2. The second-order valence-electron chi connectivity index (χ2n) is 9.01. The van der Waals surface area contributed by atoms with Crippen LogP contribution in [0.25, 0.3) is 0 Å². The molecule has 3 N–H and O–H groups in total. The van der Waals surface area contributed by atoms with Gasteiger partial charge in [0.2, 0.25) is 0 Å². The first kappa shape index (κ1) is 24.4. The number of rotatable bonds is 8. The molecule has 10 heteroatoms. The summed E-state index contributed by atoms with van der Waals surface area (Å²) in [6, 6.07) is 8.38. The molecule has 1 aromatic carbocycles. The van der Waals surface area contributed by atoms with Crippen molar-refractivity contribution in [3.63, 3.8) is 0 Å². The number of benzene rings is 1. The molecule has 1 atom stereocenters. The molecular weight excluding hydrogens is 454 g/mol. The molecule has 2 aliphatic heterocycles. The van der Waals surface area contributed by atoms with E-state index in [0.29, 0.717) is 43.5 Å². The molecule has 2 fully saturated rings. The molecule has 34 heavy (non-hydrogen) atoms. The number of carbonyl (C=O) groups excluding carboxylic acids is 1. The molecule has 0 radical (unpaired) electrons. The van der Waals surface area contributed by atoms with Crippen LogP contribution in [0, 0.1) is 0 Å². The van der Waals surface area contributed by atoms with E-state index in [0.717, 1.165) is 31.5 Å². The van der Waals surface area contributed by atoms with Crippen molar-refractivity contribution in [2.24, 2.45) is 0 Å². The number of anilines is 2. The largest absolute Gasteiger partial charge is 0.376 e. The summed E-state index contributed by atoms with van der Waals surface area (Å²) in [6.45, 7) is 8.25. The third-order valence-electron chi connectivity index (χ3n) is 6.15. The van der Waals surface area contributed by atoms with E-state index in [1.54, 1.807) is 18.2 Å². The number of aromatic nitrogens is 1. The van der Waals surface area contributed by atoms with Gasteiger partial charge in [0.05, 0.1) is 28.4 Å². The van der Waals surface area contributed by atoms with Crippen LogP contribution < -0.4 is 20.3 Å². The van der Waals surface area contributed by atoms with Gasteiger partial charge >= 0.3 is 0 Å². The minimum Gasteiger partial charge on any atom is -0.376 e. The normalized spacial score (nSPS) is 18.8. The summed E-state index contributed by atoms with van der Waals surface area (Å²) in [4.78, 5) is 19.8. The number of ether oxygens (including phenoxy) is 1. The van der Waals surface area contributed by atoms with Gasteiger partial charge in [0.15, 0.2) is 0 Å². The Bertz CT molecular complexity index is 1090. The third kappa shape index (κ3) is 5.86. The summed E-state index contributed by atoms with van der Waals surface area (Å²) < 4.78 is 34.1. The van der Waals surface area contributed by atoms with Gasteiger partial charge in [0.25, 0.3) is 15.9 Å². The van der Waals surface area contributed by atoms with E-state index in [9.17, 15) is 13.2 Å². The lowest BCUT2D eigenvalue weighted by Gasteiger charge is -2.30. The van der Waals surface area contributed by atoms with Crippen LogP contribution in [0.4, 0.5) is 11.5 Å². The van der Waals surface area contributed by atoms with Crippen molar-refractivity contribution in [3.8, 4) is 0 Å². The van der Waals surface area contributed by atoms with Crippen LogP contribution in [0.5, 0.6) is 0 Å². The Morgan fingerprint density at radius 1 is 1.24 bits per heavy atom. The number of carbonyl (C=O) groups is 1. The first-order valence-corrected chi connectivity index (χ1v) is 13.3. The van der Waals surface area contributed by atoms with Crippen molar-refractivity contribution in [2.45, 2.75) is 43.6 Å². The van der Waals surface area contributed by atoms with Gasteiger partial charge in [0.1, 0.15) is 5.82 Å². The number of pyridine rings is 1. The summed E-state index contributed by atoms with van der Waals surface area (Å²) in [7, 11) is -3.83. The lowest BCUT2D eigenvalue weighted by atomic mass is 10.0. The number of nitrogens with zero attached hydrogens (tertiary/aromatic N) is 2. The van der Waals surface area contributed by atoms with Crippen molar-refractivity contribution in [3.05, 3.63) is 47.7 Å². The quantitative estimate of drug-likeness (QED) is 0.524. The van der Waals surface area contributed by atoms with Gasteiger partial charge in [-0.3, -0.25) is 9.52 Å². The van der Waals surface area contributed by atoms with E-state index in [1.807, 2.05) is 17.0 Å². The fraction of sp³-hybridized carbons (Fsp3) is 0.500. The number of sulfonamides is 1. The summed E-state index contributed by atoms with van der Waals surface area (Å²) >= 11 is 0. The monoisotopic (exact) mass is 487 g/mol. The molecule has 3 heterocycles. The standard InChI is InChI=1S/C24H33N5O4S/c1-17(2)18-5-7-21(8-6-18)34(31,32)28-19-14-22(24(30)27-16-20-4-3-13-33-20)23(26-15-19)29-11-9-25-10-12-29/h5-8,14-15,17,20,25,28H,3-4,9-13,16H2,1-2H3,(H,27,30)/t20-/m1/s1. The Balaban J connectivity index is 1.57. The number of hydrogen-bond donors (Lipinski definition) is 3. The smallest absolute Gasteiger partial charge is 0.261 e. The average Bonchev–Trinajstić information content (AvgIpc) is 3.36. The zero-order valence-corrected chi connectivity index (χ0v) is 20.5. The summed E-state index contributed by atoms with van der Waals surface area (Å²) in [5.41, 5.74) is 1.65. The second-order valence-corrected chi connectivity index (χ2v) is 10.7. The molecule has 1 amide bonds. The molecule has 0 spiro atoms. The molecule has 0 unspecified atom stereocenters. The van der Waals surface area contributed by atoms with Gasteiger partial charge in [-0.25, -0.2) is 13.4 Å². The lowest BCUT2D eigenvalue weighted by molar-refractivity contribution is 0.0858. The molecule has 0 bridgehead atoms. The minimum absolute atomic E-state index is 0.00930. The van der Waals surface area contributed by atoms with Gasteiger partial charge in [-0.2, -0.15) is 0 Å². The van der Waals surface area contributed by atoms with Crippen LogP contribution in [0.2, 0.25) is 0 Å². The molecule has 2 aromatic rings. The molecule has 2 saturated heterocycles. The van der Waals surface area contributed by atoms with E-state index in [1.165, 1.54) is 6.20 Å². The van der Waals surface area contributed by atoms with E-state index >= 15 is 0 Å². The van der Waals surface area contributed by atoms with Crippen molar-refractivity contribution in [1.29, 1.82) is 0 Å². The number of amides is 1. The minimum atomic E-state index is -3.83. The maximum atomic E-state index is 13.1. The van der Waals surface area contributed by atoms with E-state index in [2.05, 4.69) is 34.2 Å². The maximum Gasteiger partial charge on any atom is 0.261 e. The zero-order valence-electron chi connectivity index (χ0n) is 19.7. The van der Waals surface area contributed by atoms with E-state index < -0.39 is 10.0 Å². The highest BCUT2D eigenvalue weighted by molar-refractivity contribution is 7.92. The fourth-order valence-electron chi connectivity index (χ4n) is 4.16. The first-order valence-electron chi connectivity index (χ1n) is 11.8. The molecule has 0 aliphatic carbocycles. The maximum absolute atomic E-state index is 13.1. The first-order chi connectivity index (χ1) is 16.3. The van der Waals surface area contributed by atoms with Crippen LogP contribution in [0.3, 0.4) is 0 Å². The summed E-state index contributed by atoms with van der Waals surface area (Å²) in [6.07, 6.45) is 3.38. The third-order valence-corrected chi connectivity index (χ3v) is 7.55. The van der Waals surface area contributed by atoms with Gasteiger partial charge in [0, 0.05) is 39.3 Å². The Morgan fingerprint density at radius 2 is 1.97 bits per heavy atom. The van der Waals surface area contributed by atoms with Crippen LogP contribution in [-0.2, 0) is 14.8 Å². The Kier molecular flexibility index (Phi) is 7.70. The van der Waals surface area contributed by atoms with Crippen LogP contribution in [0.1, 0.15) is 48.5 Å². The van der Waals surface area contributed by atoms with Crippen LogP contribution in [0.15, 0.2) is 41.4 Å². The van der Waals surface area contributed by atoms with Crippen LogP contribution in [-0.4, -0.2) is 64.7 Å². The number of nitrogens with one attached hydrogen (secondary N) is 3. The predicted octanol–water partition coefficient (Wildman–Crippen LogP) is 2.32. The van der Waals surface area contributed by atoms with Gasteiger partial charge < -0.3 is 20.3 Å². The summed E-state index contributed by atoms with van der Waals surface area (Å²) in [5, 5.41) is 6.22. The van der Waals surface area contributed by atoms with Crippen molar-refractivity contribution >= 4 is 27.4 Å². The average molecular weight is 488 g/mol. The van der Waals surface area contributed by atoms with Gasteiger partial charge in [-0.15, -0.1) is 0 Å². The van der Waals surface area contributed by atoms with Crippen LogP contribution >= 0.6 is 0 Å². The highest BCUT2D eigenvalue weighted by Gasteiger charge is 2.24.